The molecule has 28 heavy (non-hydrogen) atoms. The number of alkyl halides is 2. The van der Waals surface area contributed by atoms with Gasteiger partial charge in [-0.05, 0) is 25.3 Å². The van der Waals surface area contributed by atoms with Crippen molar-refractivity contribution in [2.75, 3.05) is 48.9 Å². The Kier molecular flexibility index (Phi) is 4.99. The van der Waals surface area contributed by atoms with Crippen molar-refractivity contribution in [3.8, 4) is 0 Å². The number of likely N-dealkylation sites (N-methyl/N-ethyl adjacent to an activating group) is 1. The Balaban J connectivity index is 1.52. The summed E-state index contributed by atoms with van der Waals surface area (Å²) in [5.74, 6) is 2.91. The number of anilines is 3. The molecule has 0 bridgehead atoms. The zero-order chi connectivity index (χ0) is 19.8. The quantitative estimate of drug-likeness (QED) is 0.753. The maximum absolute atomic E-state index is 13.3. The molecule has 2 aromatic heterocycles. The third-order valence-electron chi connectivity index (χ3n) is 5.35. The average Bonchev–Trinajstić information content (AvgIpc) is 3.43. The lowest BCUT2D eigenvalue weighted by molar-refractivity contribution is 0.145. The molecule has 1 saturated heterocycles. The molecule has 0 radical (unpaired) electrons. The van der Waals surface area contributed by atoms with Gasteiger partial charge in [-0.1, -0.05) is 0 Å². The number of rotatable bonds is 6. The van der Waals surface area contributed by atoms with Crippen LogP contribution in [0.15, 0.2) is 18.3 Å². The summed E-state index contributed by atoms with van der Waals surface area (Å²) in [4.78, 5) is 23.7. The van der Waals surface area contributed by atoms with Gasteiger partial charge in [0, 0.05) is 52.4 Å². The van der Waals surface area contributed by atoms with E-state index in [9.17, 15) is 8.78 Å². The molecular weight excluding hydrogens is 364 g/mol. The van der Waals surface area contributed by atoms with E-state index in [0.29, 0.717) is 24.1 Å². The molecule has 1 aliphatic carbocycles. The molecule has 1 saturated carbocycles. The second-order valence-corrected chi connectivity index (χ2v) is 7.69. The van der Waals surface area contributed by atoms with Crippen molar-refractivity contribution in [1.29, 1.82) is 0 Å². The summed E-state index contributed by atoms with van der Waals surface area (Å²) in [5.41, 5.74) is -0.175. The van der Waals surface area contributed by atoms with Crippen molar-refractivity contribution in [1.82, 2.24) is 19.9 Å². The van der Waals surface area contributed by atoms with Crippen LogP contribution >= 0.6 is 0 Å². The van der Waals surface area contributed by atoms with E-state index in [1.165, 1.54) is 6.07 Å². The van der Waals surface area contributed by atoms with Crippen LogP contribution in [0.4, 0.5) is 26.4 Å². The lowest BCUT2D eigenvalue weighted by atomic mass is 10.2. The van der Waals surface area contributed by atoms with Crippen LogP contribution in [0.2, 0.25) is 0 Å². The van der Waals surface area contributed by atoms with E-state index in [1.54, 1.807) is 6.20 Å². The van der Waals surface area contributed by atoms with Gasteiger partial charge < -0.3 is 14.7 Å². The minimum absolute atomic E-state index is 0.175. The normalized spacial score (nSPS) is 19.4. The zero-order valence-corrected chi connectivity index (χ0v) is 16.4. The van der Waals surface area contributed by atoms with Gasteiger partial charge in [-0.2, -0.15) is 4.98 Å². The van der Waals surface area contributed by atoms with Crippen LogP contribution in [0.25, 0.3) is 0 Å². The molecule has 3 heterocycles. The van der Waals surface area contributed by atoms with Crippen molar-refractivity contribution in [3.05, 3.63) is 29.8 Å². The fourth-order valence-electron chi connectivity index (χ4n) is 3.46. The van der Waals surface area contributed by atoms with Gasteiger partial charge in [0.05, 0.1) is 6.04 Å². The first-order valence-electron chi connectivity index (χ1n) is 9.57. The Morgan fingerprint density at radius 2 is 1.89 bits per heavy atom. The first kappa shape index (κ1) is 18.8. The first-order valence-corrected chi connectivity index (χ1v) is 9.57. The van der Waals surface area contributed by atoms with Crippen LogP contribution in [0.1, 0.15) is 43.1 Å². The fourth-order valence-corrected chi connectivity index (χ4v) is 3.46. The maximum Gasteiger partial charge on any atom is 0.280 e. The van der Waals surface area contributed by atoms with E-state index in [2.05, 4.69) is 29.7 Å². The Morgan fingerprint density at radius 3 is 2.57 bits per heavy atom. The summed E-state index contributed by atoms with van der Waals surface area (Å²) in [6, 6.07) is 3.48. The number of aromatic nitrogens is 4. The fraction of sp³-hybridized carbons (Fsp3) is 0.579. The predicted molar refractivity (Wildman–Crippen MR) is 104 cm³/mol. The number of halogens is 2. The van der Waals surface area contributed by atoms with Crippen LogP contribution < -0.4 is 14.7 Å². The van der Waals surface area contributed by atoms with Crippen LogP contribution in [-0.2, 0) is 0 Å². The van der Waals surface area contributed by atoms with Gasteiger partial charge in [0.15, 0.2) is 0 Å². The number of hydrogen-bond donors (Lipinski definition) is 0. The predicted octanol–water partition coefficient (Wildman–Crippen LogP) is 2.86. The molecule has 1 atom stereocenters. The van der Waals surface area contributed by atoms with Crippen molar-refractivity contribution in [2.45, 2.75) is 37.6 Å². The molecule has 9 heteroatoms. The lowest BCUT2D eigenvalue weighted by Crippen LogP contribution is -2.36. The molecule has 4 rings (SSSR count). The van der Waals surface area contributed by atoms with E-state index in [4.69, 9.17) is 0 Å². The van der Waals surface area contributed by atoms with E-state index in [1.807, 2.05) is 32.1 Å². The van der Waals surface area contributed by atoms with Crippen molar-refractivity contribution in [3.63, 3.8) is 0 Å². The summed E-state index contributed by atoms with van der Waals surface area (Å²) in [7, 11) is 5.86. The van der Waals surface area contributed by atoms with Crippen LogP contribution in [0.3, 0.4) is 0 Å². The molecule has 2 aromatic rings. The van der Waals surface area contributed by atoms with Gasteiger partial charge in [0.1, 0.15) is 23.2 Å². The highest BCUT2D eigenvalue weighted by Crippen LogP contribution is 2.39. The summed E-state index contributed by atoms with van der Waals surface area (Å²) >= 11 is 0. The molecule has 7 nitrogen and oxygen atoms in total. The standard InChI is InChI=1S/C19H25F2N7/c1-26(2)15-6-8-22-19(25-15)27(3)13-7-9-28(11-13)16-10-14(17(20)21)23-18(24-16)12-4-5-12/h6,8,10,12-13,17H,4-5,7,9,11H2,1-3H3. The molecule has 150 valence electrons. The summed E-state index contributed by atoms with van der Waals surface area (Å²) in [6.45, 7) is 1.45. The van der Waals surface area contributed by atoms with Crippen LogP contribution in [-0.4, -0.2) is 60.2 Å². The molecule has 1 aliphatic heterocycles. The third kappa shape index (κ3) is 3.83. The highest BCUT2D eigenvalue weighted by Gasteiger charge is 2.32. The van der Waals surface area contributed by atoms with Crippen molar-refractivity contribution in [2.24, 2.45) is 0 Å². The van der Waals surface area contributed by atoms with Gasteiger partial charge in [-0.3, -0.25) is 0 Å². The molecule has 0 N–H and O–H groups in total. The molecule has 2 aliphatic rings. The van der Waals surface area contributed by atoms with Gasteiger partial charge in [-0.15, -0.1) is 0 Å². The molecule has 0 aromatic carbocycles. The van der Waals surface area contributed by atoms with Gasteiger partial charge in [0.2, 0.25) is 5.95 Å². The van der Waals surface area contributed by atoms with E-state index in [-0.39, 0.29) is 17.7 Å². The number of nitrogens with zero attached hydrogens (tertiary/aromatic N) is 7. The molecule has 2 fully saturated rings. The zero-order valence-electron chi connectivity index (χ0n) is 16.4. The minimum atomic E-state index is -2.58. The van der Waals surface area contributed by atoms with Crippen LogP contribution in [0.5, 0.6) is 0 Å². The Hall–Kier alpha value is -2.58. The summed E-state index contributed by atoms with van der Waals surface area (Å²) < 4.78 is 26.6. The topological polar surface area (TPSA) is 61.3 Å². The second kappa shape index (κ2) is 7.44. The molecule has 0 spiro atoms. The minimum Gasteiger partial charge on any atom is -0.363 e. The first-order chi connectivity index (χ1) is 13.4. The van der Waals surface area contributed by atoms with E-state index < -0.39 is 6.43 Å². The third-order valence-corrected chi connectivity index (χ3v) is 5.35. The Morgan fingerprint density at radius 1 is 1.11 bits per heavy atom. The highest BCUT2D eigenvalue weighted by molar-refractivity contribution is 5.46. The summed E-state index contributed by atoms with van der Waals surface area (Å²) in [6.07, 6.45) is 2.03. The molecular formula is C19H25F2N7. The smallest absolute Gasteiger partial charge is 0.280 e. The average molecular weight is 389 g/mol. The van der Waals surface area contributed by atoms with Gasteiger partial charge in [0.25, 0.3) is 6.43 Å². The van der Waals surface area contributed by atoms with Crippen LogP contribution in [0, 0.1) is 0 Å². The van der Waals surface area contributed by atoms with Gasteiger partial charge >= 0.3 is 0 Å². The van der Waals surface area contributed by atoms with Crippen molar-refractivity contribution < 1.29 is 8.78 Å². The summed E-state index contributed by atoms with van der Waals surface area (Å²) in [5, 5.41) is 0. The Labute approximate surface area is 163 Å². The second-order valence-electron chi connectivity index (χ2n) is 7.69. The monoisotopic (exact) mass is 389 g/mol. The highest BCUT2D eigenvalue weighted by atomic mass is 19.3. The van der Waals surface area contributed by atoms with E-state index in [0.717, 1.165) is 31.6 Å². The number of hydrogen-bond acceptors (Lipinski definition) is 7. The SMILES string of the molecule is CN(C)c1ccnc(N(C)C2CCN(c3cc(C(F)F)nc(C4CC4)n3)C2)n1. The molecule has 1 unspecified atom stereocenters. The van der Waals surface area contributed by atoms with E-state index >= 15 is 0 Å². The largest absolute Gasteiger partial charge is 0.363 e. The van der Waals surface area contributed by atoms with Crippen molar-refractivity contribution >= 4 is 17.6 Å². The van der Waals surface area contributed by atoms with Gasteiger partial charge in [-0.25, -0.2) is 23.7 Å². The molecule has 0 amide bonds. The lowest BCUT2D eigenvalue weighted by Gasteiger charge is -2.26. The maximum atomic E-state index is 13.3. The Bertz CT molecular complexity index is 821.